The van der Waals surface area contributed by atoms with Crippen molar-refractivity contribution in [2.24, 2.45) is 0 Å². The Bertz CT molecular complexity index is 7000. The molecule has 0 saturated carbocycles. The van der Waals surface area contributed by atoms with E-state index in [0.29, 0.717) is 0 Å². The topological polar surface area (TPSA) is 16.3 Å². The summed E-state index contributed by atoms with van der Waals surface area (Å²) in [5, 5.41) is 16.9. The van der Waals surface area contributed by atoms with Crippen molar-refractivity contribution < 1.29 is 0 Å². The van der Waals surface area contributed by atoms with Crippen LogP contribution in [0.25, 0.3) is 164 Å². The number of hydrogen-bond acceptors (Lipinski definition) is 2. The van der Waals surface area contributed by atoms with Gasteiger partial charge in [0.2, 0.25) is 0 Å². The van der Waals surface area contributed by atoms with Gasteiger partial charge in [-0.25, -0.2) is 0 Å². The van der Waals surface area contributed by atoms with Crippen LogP contribution in [-0.2, 0) is 0 Å². The van der Waals surface area contributed by atoms with Gasteiger partial charge in [-0.1, -0.05) is 285 Å². The zero-order valence-electron chi connectivity index (χ0n) is 59.0. The SMILES string of the molecule is c1ccc(-c2c3ccccc3c(-c3ccc4c(c3)c3cc(-c5ccc6c(-c7ccc8c(c7)c7ccccc7n8-c7cccc(N(c8ccccc8)c8cccc9ccccc89)c7)c7ccccc7c(-c7ccccc7)c6c5)ccc3n4-c3cccc(N(c4ccccc4)c4ccccc4)c3)c3ccccc23)cc1. The summed E-state index contributed by atoms with van der Waals surface area (Å²) in [5.41, 5.74) is 25.2. The minimum absolute atomic E-state index is 1.07. The van der Waals surface area contributed by atoms with Crippen LogP contribution in [0, 0.1) is 0 Å². The number of para-hydroxylation sites is 4. The van der Waals surface area contributed by atoms with Crippen LogP contribution in [0.5, 0.6) is 0 Å². The van der Waals surface area contributed by atoms with Crippen LogP contribution in [0.1, 0.15) is 0 Å². The average Bonchev–Trinajstić information content (AvgIpc) is 1.40. The molecular weight excluding hydrogens is 1310 g/mol. The maximum atomic E-state index is 2.48. The van der Waals surface area contributed by atoms with Gasteiger partial charge in [0.25, 0.3) is 0 Å². The minimum atomic E-state index is 1.07. The molecule has 0 atom stereocenters. The Morgan fingerprint density at radius 3 is 0.954 bits per heavy atom. The molecule has 0 bridgehead atoms. The third kappa shape index (κ3) is 10.3. The van der Waals surface area contributed by atoms with Gasteiger partial charge >= 0.3 is 0 Å². The summed E-state index contributed by atoms with van der Waals surface area (Å²) in [6, 6.07) is 152. The van der Waals surface area contributed by atoms with Gasteiger partial charge in [0, 0.05) is 66.7 Å². The van der Waals surface area contributed by atoms with E-state index in [2.05, 4.69) is 431 Å². The third-order valence-corrected chi connectivity index (χ3v) is 22.2. The second-order valence-electron chi connectivity index (χ2n) is 28.2. The molecular formula is C104H68N4. The molecule has 0 aliphatic rings. The first-order valence-corrected chi connectivity index (χ1v) is 37.2. The van der Waals surface area contributed by atoms with Gasteiger partial charge in [0.05, 0.1) is 27.8 Å². The number of fused-ring (bicyclic) bond motifs is 11. The highest BCUT2D eigenvalue weighted by atomic mass is 15.2. The molecule has 0 radical (unpaired) electrons. The van der Waals surface area contributed by atoms with E-state index in [1.54, 1.807) is 0 Å². The van der Waals surface area contributed by atoms with Crippen LogP contribution in [0.3, 0.4) is 0 Å². The molecule has 21 aromatic rings. The lowest BCUT2D eigenvalue weighted by Gasteiger charge is -2.27. The summed E-state index contributed by atoms with van der Waals surface area (Å²) in [6.07, 6.45) is 0. The number of hydrogen-bond donors (Lipinski definition) is 0. The Morgan fingerprint density at radius 1 is 0.157 bits per heavy atom. The van der Waals surface area contributed by atoms with Gasteiger partial charge in [0.1, 0.15) is 0 Å². The van der Waals surface area contributed by atoms with Gasteiger partial charge in [-0.2, -0.15) is 0 Å². The van der Waals surface area contributed by atoms with Crippen LogP contribution >= 0.6 is 0 Å². The highest BCUT2D eigenvalue weighted by Crippen LogP contribution is 2.50. The van der Waals surface area contributed by atoms with Gasteiger partial charge in [-0.05, 0) is 232 Å². The van der Waals surface area contributed by atoms with Gasteiger partial charge in [-0.15, -0.1) is 0 Å². The van der Waals surface area contributed by atoms with Crippen molar-refractivity contribution >= 4 is 132 Å². The van der Waals surface area contributed by atoms with Crippen LogP contribution < -0.4 is 9.80 Å². The highest BCUT2D eigenvalue weighted by Gasteiger charge is 2.25. The monoisotopic (exact) mass is 1370 g/mol. The summed E-state index contributed by atoms with van der Waals surface area (Å²) in [7, 11) is 0. The molecule has 0 unspecified atom stereocenters. The molecule has 0 saturated heterocycles. The van der Waals surface area contributed by atoms with E-state index in [1.165, 1.54) is 120 Å². The molecule has 2 heterocycles. The lowest BCUT2D eigenvalue weighted by molar-refractivity contribution is 1.17. The van der Waals surface area contributed by atoms with Crippen LogP contribution in [-0.4, -0.2) is 9.13 Å². The van der Waals surface area contributed by atoms with Gasteiger partial charge in [0.15, 0.2) is 0 Å². The van der Waals surface area contributed by atoms with Crippen molar-refractivity contribution in [1.29, 1.82) is 0 Å². The van der Waals surface area contributed by atoms with Crippen molar-refractivity contribution in [3.63, 3.8) is 0 Å². The fourth-order valence-corrected chi connectivity index (χ4v) is 17.5. The van der Waals surface area contributed by atoms with Crippen molar-refractivity contribution in [2.45, 2.75) is 0 Å². The maximum Gasteiger partial charge on any atom is 0.0541 e. The molecule has 0 aliphatic heterocycles. The van der Waals surface area contributed by atoms with Crippen molar-refractivity contribution in [3.05, 3.63) is 413 Å². The zero-order valence-corrected chi connectivity index (χ0v) is 59.0. The summed E-state index contributed by atoms with van der Waals surface area (Å²) in [5.74, 6) is 0. The smallest absolute Gasteiger partial charge is 0.0541 e. The molecule has 19 aromatic carbocycles. The highest BCUT2D eigenvalue weighted by molar-refractivity contribution is 6.25. The van der Waals surface area contributed by atoms with Gasteiger partial charge in [-0.3, -0.25) is 0 Å². The van der Waals surface area contributed by atoms with E-state index in [-0.39, 0.29) is 0 Å². The molecule has 4 nitrogen and oxygen atoms in total. The standard InChI is InChI=1S/C104H68N4/c1-6-30-70(31-7-1)101-85-47-18-21-50-88(85)103(89-51-22-19-48-86(89)101)75-58-62-100-94(66-75)93-63-73(56-60-99(93)108(100)81-43-27-41-79(67-81)105(76-35-10-3-11-36-76)77-37-12-4-13-38-77)72-55-59-91-95(64-72)102(71-32-8-2-9-33-71)87-49-20-23-52-90(87)104(91)74-57-61-98-92(65-74)84-46-24-25-53-97(84)107(98)82-44-28-42-80(68-82)106(78-39-14-5-15-40-78)96-54-26-34-69-29-16-17-45-83(69)96/h1-68H. The Labute approximate surface area is 626 Å². The molecule has 21 rings (SSSR count). The Hall–Kier alpha value is -14.3. The quantitative estimate of drug-likeness (QED) is 0.107. The molecule has 4 heteroatoms. The molecule has 0 N–H and O–H groups in total. The molecule has 0 aliphatic carbocycles. The zero-order chi connectivity index (χ0) is 71.2. The van der Waals surface area contributed by atoms with E-state index in [0.717, 1.165) is 78.7 Å². The largest absolute Gasteiger partial charge is 0.310 e. The first-order chi connectivity index (χ1) is 53.6. The van der Waals surface area contributed by atoms with E-state index < -0.39 is 0 Å². The first-order valence-electron chi connectivity index (χ1n) is 37.2. The van der Waals surface area contributed by atoms with Crippen molar-refractivity contribution in [3.8, 4) is 67.0 Å². The second kappa shape index (κ2) is 25.8. The Kier molecular flexibility index (Phi) is 14.9. The maximum absolute atomic E-state index is 2.48. The molecule has 0 spiro atoms. The van der Waals surface area contributed by atoms with Crippen molar-refractivity contribution in [1.82, 2.24) is 9.13 Å². The summed E-state index contributed by atoms with van der Waals surface area (Å²) >= 11 is 0. The first kappa shape index (κ1) is 62.3. The third-order valence-electron chi connectivity index (χ3n) is 22.2. The molecule has 504 valence electrons. The lowest BCUT2D eigenvalue weighted by Crippen LogP contribution is -2.11. The predicted octanol–water partition coefficient (Wildman–Crippen LogP) is 28.9. The number of benzene rings is 19. The summed E-state index contributed by atoms with van der Waals surface area (Å²) in [4.78, 5) is 4.75. The molecule has 108 heavy (non-hydrogen) atoms. The molecule has 0 fully saturated rings. The summed E-state index contributed by atoms with van der Waals surface area (Å²) in [6.45, 7) is 0. The van der Waals surface area contributed by atoms with E-state index in [1.807, 2.05) is 0 Å². The fraction of sp³-hybridized carbons (Fsp3) is 0. The average molecular weight is 1370 g/mol. The van der Waals surface area contributed by atoms with Crippen molar-refractivity contribution in [2.75, 3.05) is 9.80 Å². The Balaban J connectivity index is 0.756. The molecule has 2 aromatic heterocycles. The Morgan fingerprint density at radius 2 is 0.463 bits per heavy atom. The number of rotatable bonds is 13. The van der Waals surface area contributed by atoms with E-state index >= 15 is 0 Å². The number of anilines is 6. The normalized spacial score (nSPS) is 11.7. The van der Waals surface area contributed by atoms with E-state index in [9.17, 15) is 0 Å². The van der Waals surface area contributed by atoms with E-state index in [4.69, 9.17) is 0 Å². The lowest BCUT2D eigenvalue weighted by atomic mass is 9.84. The second-order valence-corrected chi connectivity index (χ2v) is 28.2. The van der Waals surface area contributed by atoms with Crippen LogP contribution in [0.4, 0.5) is 34.1 Å². The van der Waals surface area contributed by atoms with Crippen LogP contribution in [0.15, 0.2) is 413 Å². The summed E-state index contributed by atoms with van der Waals surface area (Å²) < 4.78 is 4.94. The predicted molar refractivity (Wildman–Crippen MR) is 459 cm³/mol. The molecule has 0 amide bonds. The minimum Gasteiger partial charge on any atom is -0.310 e. The van der Waals surface area contributed by atoms with Gasteiger partial charge < -0.3 is 18.9 Å². The fourth-order valence-electron chi connectivity index (χ4n) is 17.5. The number of aromatic nitrogens is 2. The number of nitrogens with zero attached hydrogens (tertiary/aromatic N) is 4. The van der Waals surface area contributed by atoms with Crippen LogP contribution in [0.2, 0.25) is 0 Å².